The molecule has 7 heteroatoms. The number of nitrogens with one attached hydrogen (secondary N) is 1. The number of methoxy groups -OCH3 is 1. The van der Waals surface area contributed by atoms with Crippen molar-refractivity contribution >= 4 is 16.0 Å². The molecular weight excluding hydrogens is 258 g/mol. The van der Waals surface area contributed by atoms with Crippen molar-refractivity contribution in [2.75, 3.05) is 13.7 Å². The molecule has 1 atom stereocenters. The van der Waals surface area contributed by atoms with Gasteiger partial charge in [0.2, 0.25) is 10.0 Å². The van der Waals surface area contributed by atoms with Crippen molar-refractivity contribution in [3.63, 3.8) is 0 Å². The van der Waals surface area contributed by atoms with Gasteiger partial charge in [-0.2, -0.15) is 0 Å². The van der Waals surface area contributed by atoms with Crippen LogP contribution in [0.5, 0.6) is 0 Å². The Balaban J connectivity index is 2.53. The topological polar surface area (TPSA) is 92.7 Å². The van der Waals surface area contributed by atoms with Crippen LogP contribution in [-0.2, 0) is 25.3 Å². The molecule has 0 aliphatic rings. The highest BCUT2D eigenvalue weighted by Crippen LogP contribution is 2.03. The van der Waals surface area contributed by atoms with Gasteiger partial charge in [0.1, 0.15) is 0 Å². The fourth-order valence-corrected chi connectivity index (χ4v) is 2.42. The maximum absolute atomic E-state index is 11.6. The van der Waals surface area contributed by atoms with Crippen LogP contribution < -0.4 is 4.72 Å². The zero-order chi connectivity index (χ0) is 13.6. The molecule has 18 heavy (non-hydrogen) atoms. The maximum Gasteiger partial charge on any atom is 0.336 e. The van der Waals surface area contributed by atoms with Crippen LogP contribution in [-0.4, -0.2) is 39.3 Å². The van der Waals surface area contributed by atoms with Crippen LogP contribution >= 0.6 is 0 Å². The third-order valence-corrected chi connectivity index (χ3v) is 3.49. The minimum absolute atomic E-state index is 0.207. The van der Waals surface area contributed by atoms with E-state index in [1.54, 1.807) is 30.3 Å². The third-order valence-electron chi connectivity index (χ3n) is 2.17. The first-order valence-corrected chi connectivity index (χ1v) is 6.87. The van der Waals surface area contributed by atoms with Crippen LogP contribution in [0, 0.1) is 0 Å². The lowest BCUT2D eigenvalue weighted by molar-refractivity contribution is -0.149. The zero-order valence-corrected chi connectivity index (χ0v) is 10.7. The Bertz CT molecular complexity index is 485. The summed E-state index contributed by atoms with van der Waals surface area (Å²) in [4.78, 5) is 10.9. The molecule has 0 saturated heterocycles. The van der Waals surface area contributed by atoms with Crippen LogP contribution in [0.15, 0.2) is 30.3 Å². The number of sulfonamides is 1. The van der Waals surface area contributed by atoms with Gasteiger partial charge in [0.05, 0.1) is 12.9 Å². The molecule has 2 N–H and O–H groups in total. The summed E-state index contributed by atoms with van der Waals surface area (Å²) < 4.78 is 29.7. The number of aliphatic hydroxyl groups excluding tert-OH is 1. The van der Waals surface area contributed by atoms with E-state index in [0.717, 1.165) is 7.11 Å². The van der Waals surface area contributed by atoms with E-state index in [2.05, 4.69) is 9.46 Å². The van der Waals surface area contributed by atoms with Crippen LogP contribution in [0.2, 0.25) is 0 Å². The monoisotopic (exact) mass is 273 g/mol. The van der Waals surface area contributed by atoms with Gasteiger partial charge in [0.15, 0.2) is 6.10 Å². The highest BCUT2D eigenvalue weighted by atomic mass is 32.2. The molecule has 0 aliphatic carbocycles. The van der Waals surface area contributed by atoms with Gasteiger partial charge in [-0.05, 0) is 5.56 Å². The first kappa shape index (κ1) is 14.6. The molecule has 100 valence electrons. The molecule has 1 aromatic carbocycles. The molecule has 0 radical (unpaired) electrons. The molecule has 0 aliphatic heterocycles. The van der Waals surface area contributed by atoms with Crippen LogP contribution in [0.1, 0.15) is 5.56 Å². The second-order valence-electron chi connectivity index (χ2n) is 3.63. The number of hydrogen-bond donors (Lipinski definition) is 2. The summed E-state index contributed by atoms with van der Waals surface area (Å²) in [6.45, 7) is -0.401. The SMILES string of the molecule is COC(=O)C(O)CNS(=O)(=O)Cc1ccccc1. The first-order valence-electron chi connectivity index (χ1n) is 5.22. The molecule has 0 spiro atoms. The van der Waals surface area contributed by atoms with E-state index in [1.165, 1.54) is 0 Å². The normalized spacial score (nSPS) is 13.0. The zero-order valence-electron chi connectivity index (χ0n) is 9.87. The van der Waals surface area contributed by atoms with Crippen LogP contribution in [0.3, 0.4) is 0 Å². The minimum Gasteiger partial charge on any atom is -0.467 e. The Hall–Kier alpha value is -1.44. The summed E-state index contributed by atoms with van der Waals surface area (Å²) in [7, 11) is -2.47. The second-order valence-corrected chi connectivity index (χ2v) is 5.44. The van der Waals surface area contributed by atoms with Gasteiger partial charge >= 0.3 is 5.97 Å². The van der Waals surface area contributed by atoms with Crippen molar-refractivity contribution in [2.45, 2.75) is 11.9 Å². The number of benzene rings is 1. The Kier molecular flexibility index (Phi) is 5.26. The first-order chi connectivity index (χ1) is 8.44. The van der Waals surface area contributed by atoms with Gasteiger partial charge < -0.3 is 9.84 Å². The fourth-order valence-electron chi connectivity index (χ4n) is 1.27. The third kappa shape index (κ3) is 4.82. The minimum atomic E-state index is -3.59. The van der Waals surface area contributed by atoms with E-state index in [0.29, 0.717) is 5.56 Å². The highest BCUT2D eigenvalue weighted by molar-refractivity contribution is 7.88. The molecular formula is C11H15NO5S. The molecule has 0 heterocycles. The number of esters is 1. The largest absolute Gasteiger partial charge is 0.467 e. The van der Waals surface area contributed by atoms with E-state index in [4.69, 9.17) is 0 Å². The van der Waals surface area contributed by atoms with Gasteiger partial charge in [0, 0.05) is 6.54 Å². The lowest BCUT2D eigenvalue weighted by atomic mass is 10.2. The molecule has 0 amide bonds. The molecule has 0 saturated carbocycles. The number of ether oxygens (including phenoxy) is 1. The molecule has 0 bridgehead atoms. The quantitative estimate of drug-likeness (QED) is 0.690. The van der Waals surface area contributed by atoms with Crippen LogP contribution in [0.25, 0.3) is 0 Å². The standard InChI is InChI=1S/C11H15NO5S/c1-17-11(14)10(13)7-12-18(15,16)8-9-5-3-2-4-6-9/h2-6,10,12-13H,7-8H2,1H3. The Morgan fingerprint density at radius 2 is 2.00 bits per heavy atom. The summed E-state index contributed by atoms with van der Waals surface area (Å²) in [5, 5.41) is 9.25. The molecule has 1 rings (SSSR count). The smallest absolute Gasteiger partial charge is 0.336 e. The predicted molar refractivity (Wildman–Crippen MR) is 65.1 cm³/mol. The lowest BCUT2D eigenvalue weighted by Gasteiger charge is -2.10. The van der Waals surface area contributed by atoms with E-state index in [-0.39, 0.29) is 5.75 Å². The summed E-state index contributed by atoms with van der Waals surface area (Å²) in [5.74, 6) is -1.08. The Labute approximate surface area is 106 Å². The lowest BCUT2D eigenvalue weighted by Crippen LogP contribution is -2.37. The summed E-state index contributed by atoms with van der Waals surface area (Å²) >= 11 is 0. The van der Waals surface area contributed by atoms with E-state index >= 15 is 0 Å². The van der Waals surface area contributed by atoms with Crippen molar-refractivity contribution in [1.29, 1.82) is 0 Å². The molecule has 1 aromatic rings. The molecule has 0 fully saturated rings. The Morgan fingerprint density at radius 1 is 1.39 bits per heavy atom. The van der Waals surface area contributed by atoms with Gasteiger partial charge in [-0.25, -0.2) is 17.9 Å². The van der Waals surface area contributed by atoms with Crippen molar-refractivity contribution in [3.05, 3.63) is 35.9 Å². The van der Waals surface area contributed by atoms with Crippen LogP contribution in [0.4, 0.5) is 0 Å². The molecule has 0 aromatic heterocycles. The number of aliphatic hydroxyl groups is 1. The van der Waals surface area contributed by atoms with Crippen molar-refractivity contribution in [3.8, 4) is 0 Å². The summed E-state index contributed by atoms with van der Waals surface area (Å²) in [5.41, 5.74) is 0.623. The molecule has 1 unspecified atom stereocenters. The summed E-state index contributed by atoms with van der Waals surface area (Å²) in [6.07, 6.45) is -1.50. The number of rotatable bonds is 6. The number of carbonyl (C=O) groups excluding carboxylic acids is 1. The van der Waals surface area contributed by atoms with Gasteiger partial charge in [-0.3, -0.25) is 0 Å². The van der Waals surface area contributed by atoms with Crippen molar-refractivity contribution < 1.29 is 23.1 Å². The van der Waals surface area contributed by atoms with Crippen molar-refractivity contribution in [1.82, 2.24) is 4.72 Å². The van der Waals surface area contributed by atoms with Gasteiger partial charge in [-0.15, -0.1) is 0 Å². The second kappa shape index (κ2) is 6.48. The Morgan fingerprint density at radius 3 is 2.56 bits per heavy atom. The van der Waals surface area contributed by atoms with Gasteiger partial charge in [-0.1, -0.05) is 30.3 Å². The maximum atomic E-state index is 11.6. The van der Waals surface area contributed by atoms with Gasteiger partial charge in [0.25, 0.3) is 0 Å². The van der Waals surface area contributed by atoms with E-state index in [9.17, 15) is 18.3 Å². The summed E-state index contributed by atoms with van der Waals surface area (Å²) in [6, 6.07) is 8.60. The highest BCUT2D eigenvalue weighted by Gasteiger charge is 2.19. The average molecular weight is 273 g/mol. The predicted octanol–water partition coefficient (Wildman–Crippen LogP) is -0.360. The molecule has 6 nitrogen and oxygen atoms in total. The van der Waals surface area contributed by atoms with Crippen molar-refractivity contribution in [2.24, 2.45) is 0 Å². The fraction of sp³-hybridized carbons (Fsp3) is 0.364. The average Bonchev–Trinajstić information content (AvgIpc) is 2.35. The van der Waals surface area contributed by atoms with E-state index < -0.39 is 28.6 Å². The number of hydrogen-bond acceptors (Lipinski definition) is 5. The number of carbonyl (C=O) groups is 1. The van der Waals surface area contributed by atoms with E-state index in [1.807, 2.05) is 0 Å².